The molecule has 1 rings (SSSR count). The second-order valence-electron chi connectivity index (χ2n) is 4.45. The highest BCUT2D eigenvalue weighted by Gasteiger charge is 2.40. The average molecular weight is 219 g/mol. The van der Waals surface area contributed by atoms with Gasteiger partial charge in [-0.1, -0.05) is 13.8 Å². The highest BCUT2D eigenvalue weighted by Crippen LogP contribution is 2.32. The molecule has 0 aliphatic heterocycles. The molecule has 0 heterocycles. The monoisotopic (exact) mass is 219 g/mol. The minimum atomic E-state index is -2.95. The van der Waals surface area contributed by atoms with E-state index in [0.29, 0.717) is 6.42 Å². The maximum Gasteiger partial charge on any atom is 0.156 e. The first-order valence-corrected chi connectivity index (χ1v) is 7.00. The van der Waals surface area contributed by atoms with Gasteiger partial charge in [-0.2, -0.15) is 0 Å². The summed E-state index contributed by atoms with van der Waals surface area (Å²) in [5.74, 6) is 0.119. The fourth-order valence-electron chi connectivity index (χ4n) is 2.15. The summed E-state index contributed by atoms with van der Waals surface area (Å²) in [6, 6.07) is 0.0684. The molecule has 2 N–H and O–H groups in total. The van der Waals surface area contributed by atoms with Crippen LogP contribution in [0.25, 0.3) is 0 Å². The fourth-order valence-corrected chi connectivity index (χ4v) is 4.48. The molecule has 84 valence electrons. The summed E-state index contributed by atoms with van der Waals surface area (Å²) in [5.41, 5.74) is 5.84. The third-order valence-corrected chi connectivity index (χ3v) is 6.57. The van der Waals surface area contributed by atoms with Crippen molar-refractivity contribution in [2.24, 2.45) is 11.7 Å². The average Bonchev–Trinajstić information content (AvgIpc) is 2.46. The van der Waals surface area contributed by atoms with E-state index in [1.54, 1.807) is 6.92 Å². The molecule has 0 radical (unpaired) electrons. The number of nitrogens with two attached hydrogens (primary N) is 1. The summed E-state index contributed by atoms with van der Waals surface area (Å²) in [4.78, 5) is 0. The first kappa shape index (κ1) is 12.0. The number of sulfone groups is 1. The van der Waals surface area contributed by atoms with Gasteiger partial charge >= 0.3 is 0 Å². The van der Waals surface area contributed by atoms with Crippen LogP contribution >= 0.6 is 0 Å². The Hall–Kier alpha value is -0.0900. The zero-order chi connectivity index (χ0) is 10.9. The summed E-state index contributed by atoms with van der Waals surface area (Å²) in [5, 5.41) is -0.423. The van der Waals surface area contributed by atoms with Crippen LogP contribution in [0.15, 0.2) is 0 Å². The number of hydrogen-bond acceptors (Lipinski definition) is 3. The van der Waals surface area contributed by atoms with Crippen molar-refractivity contribution in [1.29, 1.82) is 0 Å². The zero-order valence-electron chi connectivity index (χ0n) is 9.23. The lowest BCUT2D eigenvalue weighted by atomic mass is 10.1. The van der Waals surface area contributed by atoms with Crippen LogP contribution < -0.4 is 5.73 Å². The highest BCUT2D eigenvalue weighted by molar-refractivity contribution is 7.92. The van der Waals surface area contributed by atoms with E-state index in [4.69, 9.17) is 5.73 Å². The van der Waals surface area contributed by atoms with Gasteiger partial charge in [0.25, 0.3) is 0 Å². The van der Waals surface area contributed by atoms with Gasteiger partial charge in [0, 0.05) is 6.04 Å². The highest BCUT2D eigenvalue weighted by atomic mass is 32.2. The summed E-state index contributed by atoms with van der Waals surface area (Å²) in [7, 11) is -2.95. The van der Waals surface area contributed by atoms with Gasteiger partial charge in [0.1, 0.15) is 0 Å². The molecule has 4 heteroatoms. The molecule has 0 amide bonds. The lowest BCUT2D eigenvalue weighted by Crippen LogP contribution is -2.36. The Bertz CT molecular complexity index is 286. The Morgan fingerprint density at radius 3 is 2.36 bits per heavy atom. The third kappa shape index (κ3) is 1.96. The van der Waals surface area contributed by atoms with Crippen LogP contribution in [0.5, 0.6) is 0 Å². The van der Waals surface area contributed by atoms with Crippen LogP contribution in [0.2, 0.25) is 0 Å². The van der Waals surface area contributed by atoms with Gasteiger partial charge in [0.2, 0.25) is 0 Å². The van der Waals surface area contributed by atoms with Crippen LogP contribution in [-0.2, 0) is 9.84 Å². The van der Waals surface area contributed by atoms with Gasteiger partial charge < -0.3 is 5.73 Å². The minimum absolute atomic E-state index is 0.0684. The van der Waals surface area contributed by atoms with E-state index in [-0.39, 0.29) is 22.5 Å². The predicted octanol–water partition coefficient (Wildman–Crippen LogP) is 1.33. The maximum absolute atomic E-state index is 12.1. The molecular weight excluding hydrogens is 198 g/mol. The number of hydrogen-bond donors (Lipinski definition) is 1. The Labute approximate surface area is 87.0 Å². The molecule has 1 aliphatic rings. The minimum Gasteiger partial charge on any atom is -0.327 e. The normalized spacial score (nSPS) is 35.9. The molecule has 14 heavy (non-hydrogen) atoms. The van der Waals surface area contributed by atoms with Gasteiger partial charge in [0.15, 0.2) is 9.84 Å². The lowest BCUT2D eigenvalue weighted by molar-refractivity contribution is 0.500. The molecule has 1 aliphatic carbocycles. The van der Waals surface area contributed by atoms with E-state index in [1.807, 2.05) is 13.8 Å². The molecule has 1 fully saturated rings. The Morgan fingerprint density at radius 2 is 2.00 bits per heavy atom. The van der Waals surface area contributed by atoms with Crippen molar-refractivity contribution >= 4 is 9.84 Å². The van der Waals surface area contributed by atoms with Crippen molar-refractivity contribution < 1.29 is 8.42 Å². The first-order chi connectivity index (χ1) is 6.41. The molecule has 0 spiro atoms. The molecule has 0 bridgehead atoms. The van der Waals surface area contributed by atoms with Gasteiger partial charge in [0.05, 0.1) is 10.5 Å². The summed E-state index contributed by atoms with van der Waals surface area (Å²) in [6.45, 7) is 5.68. The summed E-state index contributed by atoms with van der Waals surface area (Å²) < 4.78 is 24.1. The van der Waals surface area contributed by atoms with Crippen LogP contribution in [0.3, 0.4) is 0 Å². The molecule has 0 aromatic carbocycles. The van der Waals surface area contributed by atoms with Gasteiger partial charge in [-0.3, -0.25) is 0 Å². The SMILES string of the molecule is CCC(C)S(=O)(=O)C1CCC(N)C1C. The van der Waals surface area contributed by atoms with E-state index in [1.165, 1.54) is 0 Å². The maximum atomic E-state index is 12.1. The van der Waals surface area contributed by atoms with Crippen molar-refractivity contribution in [2.75, 3.05) is 0 Å². The van der Waals surface area contributed by atoms with E-state index < -0.39 is 9.84 Å². The Balaban J connectivity index is 2.84. The van der Waals surface area contributed by atoms with E-state index >= 15 is 0 Å². The molecule has 0 aromatic rings. The van der Waals surface area contributed by atoms with Crippen LogP contribution in [0, 0.1) is 5.92 Å². The van der Waals surface area contributed by atoms with Crippen LogP contribution in [0.4, 0.5) is 0 Å². The lowest BCUT2D eigenvalue weighted by Gasteiger charge is -2.21. The smallest absolute Gasteiger partial charge is 0.156 e. The van der Waals surface area contributed by atoms with Crippen LogP contribution in [0.1, 0.15) is 40.0 Å². The van der Waals surface area contributed by atoms with Crippen molar-refractivity contribution in [3.8, 4) is 0 Å². The summed E-state index contributed by atoms with van der Waals surface area (Å²) in [6.07, 6.45) is 2.29. The molecule has 4 atom stereocenters. The van der Waals surface area contributed by atoms with Crippen molar-refractivity contribution in [3.63, 3.8) is 0 Å². The van der Waals surface area contributed by atoms with Crippen molar-refractivity contribution in [3.05, 3.63) is 0 Å². The van der Waals surface area contributed by atoms with Gasteiger partial charge in [-0.15, -0.1) is 0 Å². The molecule has 1 saturated carbocycles. The standard InChI is InChI=1S/C10H21NO2S/c1-4-7(2)14(12,13)10-6-5-9(11)8(10)3/h7-10H,4-6,11H2,1-3H3. The molecule has 0 saturated heterocycles. The Morgan fingerprint density at radius 1 is 1.43 bits per heavy atom. The molecule has 0 aromatic heterocycles. The van der Waals surface area contributed by atoms with Gasteiger partial charge in [-0.05, 0) is 32.1 Å². The third-order valence-electron chi connectivity index (χ3n) is 3.60. The molecule has 4 unspecified atom stereocenters. The largest absolute Gasteiger partial charge is 0.327 e. The van der Waals surface area contributed by atoms with Crippen LogP contribution in [-0.4, -0.2) is 25.0 Å². The van der Waals surface area contributed by atoms with E-state index in [0.717, 1.165) is 12.8 Å². The molecular formula is C10H21NO2S. The van der Waals surface area contributed by atoms with E-state index in [9.17, 15) is 8.42 Å². The molecule has 3 nitrogen and oxygen atoms in total. The quantitative estimate of drug-likeness (QED) is 0.779. The second-order valence-corrected chi connectivity index (χ2v) is 7.03. The second kappa shape index (κ2) is 4.19. The van der Waals surface area contributed by atoms with Gasteiger partial charge in [-0.25, -0.2) is 8.42 Å². The number of rotatable bonds is 3. The first-order valence-electron chi connectivity index (χ1n) is 5.39. The van der Waals surface area contributed by atoms with Crippen molar-refractivity contribution in [1.82, 2.24) is 0 Å². The zero-order valence-corrected chi connectivity index (χ0v) is 10.0. The topological polar surface area (TPSA) is 60.2 Å². The Kier molecular flexibility index (Phi) is 3.58. The van der Waals surface area contributed by atoms with E-state index in [2.05, 4.69) is 0 Å². The fraction of sp³-hybridized carbons (Fsp3) is 1.00. The predicted molar refractivity (Wildman–Crippen MR) is 58.8 cm³/mol. The summed E-state index contributed by atoms with van der Waals surface area (Å²) >= 11 is 0. The van der Waals surface area contributed by atoms with Crippen molar-refractivity contribution in [2.45, 2.75) is 56.6 Å².